The first-order valence-corrected chi connectivity index (χ1v) is 13.1. The summed E-state index contributed by atoms with van der Waals surface area (Å²) in [4.78, 5) is 60.1. The first-order chi connectivity index (χ1) is 18.6. The molecule has 2 amide bonds. The number of aliphatic carboxylic acids is 1. The van der Waals surface area contributed by atoms with E-state index in [0.29, 0.717) is 0 Å². The van der Waals surface area contributed by atoms with Gasteiger partial charge in [0.2, 0.25) is 5.91 Å². The second-order valence-electron chi connectivity index (χ2n) is 8.48. The Balaban J connectivity index is 1.37. The van der Waals surface area contributed by atoms with Gasteiger partial charge < -0.3 is 40.8 Å². The largest absolute Gasteiger partial charge is 0.504 e. The number of carbonyl (C=O) groups excluding carboxylic acids is 3. The highest BCUT2D eigenvalue weighted by atomic mass is 32.2. The number of hydrogen-bond acceptors (Lipinski definition) is 13. The lowest BCUT2D eigenvalue weighted by molar-refractivity contribution is -0.156. The number of ether oxygens (including phenoxy) is 1. The van der Waals surface area contributed by atoms with Crippen LogP contribution < -0.4 is 11.1 Å². The highest BCUT2D eigenvalue weighted by Crippen LogP contribution is 2.43. The summed E-state index contributed by atoms with van der Waals surface area (Å²) in [5.74, 6) is -3.91. The fourth-order valence-electron chi connectivity index (χ4n) is 3.93. The van der Waals surface area contributed by atoms with Crippen LogP contribution in [-0.2, 0) is 24.0 Å². The molecular weight excluding hydrogens is 554 g/mol. The molecular formula is C23H23N5O9S2. The van der Waals surface area contributed by atoms with Crippen molar-refractivity contribution >= 4 is 57.7 Å². The molecule has 6 N–H and O–H groups in total. The van der Waals surface area contributed by atoms with E-state index < -0.39 is 52.1 Å². The molecule has 4 rings (SSSR count). The first-order valence-electron chi connectivity index (χ1n) is 11.2. The number of fused-ring (bicyclic) bond motifs is 1. The summed E-state index contributed by atoms with van der Waals surface area (Å²) in [6.45, 7) is -0.415. The maximum absolute atomic E-state index is 12.9. The lowest BCUT2D eigenvalue weighted by atomic mass is 9.86. The normalized spacial score (nSPS) is 22.6. The third kappa shape index (κ3) is 5.61. The van der Waals surface area contributed by atoms with Crippen molar-refractivity contribution in [3.05, 3.63) is 47.0 Å². The molecule has 3 atom stereocenters. The molecule has 39 heavy (non-hydrogen) atoms. The number of thiazole rings is 1. The van der Waals surface area contributed by atoms with Gasteiger partial charge in [0.15, 0.2) is 22.3 Å². The summed E-state index contributed by atoms with van der Waals surface area (Å²) in [5, 5.41) is 36.4. The monoisotopic (exact) mass is 577 g/mol. The van der Waals surface area contributed by atoms with E-state index in [1.54, 1.807) is 0 Å². The maximum atomic E-state index is 12.9. The molecule has 0 saturated carbocycles. The number of phenols is 2. The van der Waals surface area contributed by atoms with Crippen molar-refractivity contribution in [2.75, 3.05) is 31.7 Å². The molecule has 3 heterocycles. The Morgan fingerprint density at radius 2 is 2.10 bits per heavy atom. The Bertz CT molecular complexity index is 1380. The Labute approximate surface area is 229 Å². The molecule has 1 aromatic carbocycles. The van der Waals surface area contributed by atoms with Crippen LogP contribution in [-0.4, -0.2) is 92.1 Å². The second-order valence-corrected chi connectivity index (χ2v) is 10.5. The minimum absolute atomic E-state index is 0.000995. The predicted octanol–water partition coefficient (Wildman–Crippen LogP) is 0.371. The van der Waals surface area contributed by atoms with Crippen molar-refractivity contribution in [2.24, 2.45) is 10.6 Å². The van der Waals surface area contributed by atoms with Crippen LogP contribution in [0.5, 0.6) is 11.5 Å². The van der Waals surface area contributed by atoms with Gasteiger partial charge in [-0.05, 0) is 24.3 Å². The standard InChI is InChI=1S/C23H23N5O9S2/c1-36-27-15(12-8-38-22(24)25-12)17(31)26-16-18(32)28-9-23(21(34)35,10-39-19(16)28)5-2-6-37-20(33)11-3-4-13(29)14(30)7-11/h2-5,7-8,16,19,29-30H,6,9-10H2,1H3,(H2,24,25)(H,26,31)(H,34,35)/t16?,19-,23?/m1/s1. The van der Waals surface area contributed by atoms with Crippen LogP contribution in [0.3, 0.4) is 0 Å². The van der Waals surface area contributed by atoms with E-state index >= 15 is 0 Å². The number of rotatable bonds is 9. The zero-order valence-electron chi connectivity index (χ0n) is 20.3. The van der Waals surface area contributed by atoms with Gasteiger partial charge in [-0.3, -0.25) is 14.4 Å². The lowest BCUT2D eigenvalue weighted by Gasteiger charge is -2.53. The minimum atomic E-state index is -1.45. The van der Waals surface area contributed by atoms with Gasteiger partial charge in [-0.25, -0.2) is 9.78 Å². The molecule has 2 saturated heterocycles. The summed E-state index contributed by atoms with van der Waals surface area (Å²) in [6.07, 6.45) is 2.74. The molecule has 0 aliphatic carbocycles. The van der Waals surface area contributed by atoms with E-state index in [2.05, 4.69) is 15.5 Å². The fraction of sp³-hybridized carbons (Fsp3) is 0.304. The molecule has 2 aliphatic rings. The highest BCUT2D eigenvalue weighted by Gasteiger charge is 2.56. The number of amides is 2. The van der Waals surface area contributed by atoms with Gasteiger partial charge in [0, 0.05) is 17.7 Å². The van der Waals surface area contributed by atoms with Crippen LogP contribution in [0.15, 0.2) is 40.9 Å². The molecule has 2 aliphatic heterocycles. The van der Waals surface area contributed by atoms with Gasteiger partial charge in [0.25, 0.3) is 5.91 Å². The van der Waals surface area contributed by atoms with Gasteiger partial charge in [-0.15, -0.1) is 23.1 Å². The number of benzene rings is 1. The topological polar surface area (TPSA) is 214 Å². The molecule has 16 heteroatoms. The number of anilines is 1. The number of β-lactam (4-membered cyclic amide) rings is 1. The number of carboxylic acids is 1. The molecule has 1 aromatic heterocycles. The average molecular weight is 578 g/mol. The molecule has 206 valence electrons. The molecule has 0 spiro atoms. The van der Waals surface area contributed by atoms with Gasteiger partial charge in [0.1, 0.15) is 36.2 Å². The Morgan fingerprint density at radius 3 is 2.74 bits per heavy atom. The van der Waals surface area contributed by atoms with Gasteiger partial charge >= 0.3 is 11.9 Å². The SMILES string of the molecule is CON=C(C(=O)NC1C(=O)N2CC(C=CCOC(=O)c3ccc(O)c(O)c3)(C(=O)O)CS[C@H]12)c1csc(N)n1. The first kappa shape index (κ1) is 27.7. The predicted molar refractivity (Wildman–Crippen MR) is 139 cm³/mol. The average Bonchev–Trinajstić information content (AvgIpc) is 3.34. The number of carbonyl (C=O) groups is 4. The Morgan fingerprint density at radius 1 is 1.33 bits per heavy atom. The molecule has 14 nitrogen and oxygen atoms in total. The number of nitrogens with two attached hydrogens (primary N) is 1. The molecule has 0 bridgehead atoms. The molecule has 2 aromatic rings. The third-order valence-electron chi connectivity index (χ3n) is 5.94. The zero-order valence-corrected chi connectivity index (χ0v) is 21.9. The summed E-state index contributed by atoms with van der Waals surface area (Å²) in [6, 6.07) is 2.54. The third-order valence-corrected chi connectivity index (χ3v) is 8.16. The number of hydrogen-bond donors (Lipinski definition) is 5. The van der Waals surface area contributed by atoms with E-state index in [-0.39, 0.29) is 41.0 Å². The number of phenolic OH excluding ortho intramolecular Hbond substituents is 2. The number of nitrogen functional groups attached to an aromatic ring is 1. The molecule has 2 fully saturated rings. The number of oxime groups is 1. The lowest BCUT2D eigenvalue weighted by Crippen LogP contribution is -2.73. The number of carboxylic acid groups (broad SMARTS) is 1. The van der Waals surface area contributed by atoms with Crippen LogP contribution in [0.2, 0.25) is 0 Å². The Hall–Kier alpha value is -4.31. The molecule has 0 radical (unpaired) electrons. The maximum Gasteiger partial charge on any atom is 0.338 e. The van der Waals surface area contributed by atoms with Gasteiger partial charge in [-0.1, -0.05) is 11.2 Å². The number of nitrogens with one attached hydrogen (secondary N) is 1. The summed E-state index contributed by atoms with van der Waals surface area (Å²) in [7, 11) is 1.26. The number of aromatic nitrogens is 1. The van der Waals surface area contributed by atoms with Crippen molar-refractivity contribution in [3.8, 4) is 11.5 Å². The molecule has 2 unspecified atom stereocenters. The smallest absolute Gasteiger partial charge is 0.338 e. The van der Waals surface area contributed by atoms with E-state index in [4.69, 9.17) is 15.3 Å². The van der Waals surface area contributed by atoms with Gasteiger partial charge in [-0.2, -0.15) is 0 Å². The summed E-state index contributed by atoms with van der Waals surface area (Å²) in [5.41, 5.74) is 4.21. The highest BCUT2D eigenvalue weighted by molar-refractivity contribution is 8.00. The van der Waals surface area contributed by atoms with E-state index in [1.807, 2.05) is 0 Å². The van der Waals surface area contributed by atoms with Crippen molar-refractivity contribution in [2.45, 2.75) is 11.4 Å². The van der Waals surface area contributed by atoms with Gasteiger partial charge in [0.05, 0.1) is 5.56 Å². The van der Waals surface area contributed by atoms with Crippen LogP contribution in [0.4, 0.5) is 5.13 Å². The number of esters is 1. The Kier molecular flexibility index (Phi) is 7.96. The summed E-state index contributed by atoms with van der Waals surface area (Å²) >= 11 is 2.29. The van der Waals surface area contributed by atoms with Crippen LogP contribution in [0, 0.1) is 5.41 Å². The van der Waals surface area contributed by atoms with Crippen molar-refractivity contribution in [1.82, 2.24) is 15.2 Å². The van der Waals surface area contributed by atoms with E-state index in [0.717, 1.165) is 23.5 Å². The second kappa shape index (κ2) is 11.2. The minimum Gasteiger partial charge on any atom is -0.504 e. The van der Waals surface area contributed by atoms with E-state index in [9.17, 15) is 34.5 Å². The number of thioether (sulfide) groups is 1. The summed E-state index contributed by atoms with van der Waals surface area (Å²) < 4.78 is 5.08. The van der Waals surface area contributed by atoms with Crippen molar-refractivity contribution in [1.29, 1.82) is 0 Å². The quantitative estimate of drug-likeness (QED) is 0.0683. The number of aromatic hydroxyl groups is 2. The fourth-order valence-corrected chi connectivity index (χ4v) is 5.99. The van der Waals surface area contributed by atoms with E-state index in [1.165, 1.54) is 47.4 Å². The van der Waals surface area contributed by atoms with Crippen molar-refractivity contribution < 1.29 is 44.1 Å². The van der Waals surface area contributed by atoms with Crippen LogP contribution in [0.1, 0.15) is 16.1 Å². The van der Waals surface area contributed by atoms with Crippen LogP contribution >= 0.6 is 23.1 Å². The zero-order chi connectivity index (χ0) is 28.3. The van der Waals surface area contributed by atoms with Crippen molar-refractivity contribution in [3.63, 3.8) is 0 Å². The van der Waals surface area contributed by atoms with Crippen LogP contribution in [0.25, 0.3) is 0 Å². The number of nitrogens with zero attached hydrogens (tertiary/aromatic N) is 3.